The van der Waals surface area contributed by atoms with E-state index < -0.39 is 17.7 Å². The number of halogens is 2. The lowest BCUT2D eigenvalue weighted by Gasteiger charge is -2.31. The molecule has 100 valence electrons. The van der Waals surface area contributed by atoms with Gasteiger partial charge in [-0.1, -0.05) is 13.0 Å². The summed E-state index contributed by atoms with van der Waals surface area (Å²) in [7, 11) is 0. The Morgan fingerprint density at radius 2 is 2.06 bits per heavy atom. The minimum Gasteiger partial charge on any atom is -0.376 e. The Balaban J connectivity index is 2.28. The average molecular weight is 257 g/mol. The number of hydrogen-bond donors (Lipinski definition) is 1. The van der Waals surface area contributed by atoms with E-state index in [-0.39, 0.29) is 11.7 Å². The molecule has 18 heavy (non-hydrogen) atoms. The van der Waals surface area contributed by atoms with Gasteiger partial charge in [0, 0.05) is 5.56 Å². The molecule has 0 spiro atoms. The summed E-state index contributed by atoms with van der Waals surface area (Å²) in [5.74, 6) is -1.12. The van der Waals surface area contributed by atoms with Crippen molar-refractivity contribution in [1.29, 1.82) is 0 Å². The second kappa shape index (κ2) is 6.22. The van der Waals surface area contributed by atoms with Gasteiger partial charge in [0.05, 0.1) is 25.9 Å². The van der Waals surface area contributed by atoms with Crippen LogP contribution in [0.5, 0.6) is 0 Å². The van der Waals surface area contributed by atoms with Crippen LogP contribution in [-0.4, -0.2) is 32.5 Å². The van der Waals surface area contributed by atoms with Crippen molar-refractivity contribution in [2.45, 2.75) is 19.1 Å². The van der Waals surface area contributed by atoms with Gasteiger partial charge < -0.3 is 14.8 Å². The molecule has 1 heterocycles. The highest BCUT2D eigenvalue weighted by Gasteiger charge is 2.30. The Kier molecular flexibility index (Phi) is 4.63. The molecule has 0 bridgehead atoms. The summed E-state index contributed by atoms with van der Waals surface area (Å²) in [6.45, 7) is 3.79. The Bertz CT molecular complexity index is 374. The van der Waals surface area contributed by atoms with Gasteiger partial charge in [-0.25, -0.2) is 8.78 Å². The van der Waals surface area contributed by atoms with E-state index in [1.807, 2.05) is 6.92 Å². The second-order valence-corrected chi connectivity index (χ2v) is 4.15. The zero-order valence-corrected chi connectivity index (χ0v) is 10.3. The van der Waals surface area contributed by atoms with Gasteiger partial charge in [-0.2, -0.15) is 0 Å². The first-order valence-corrected chi connectivity index (χ1v) is 6.10. The minimum atomic E-state index is -0.560. The van der Waals surface area contributed by atoms with Gasteiger partial charge in [-0.15, -0.1) is 0 Å². The Morgan fingerprint density at radius 1 is 1.33 bits per heavy atom. The van der Waals surface area contributed by atoms with Crippen LogP contribution in [0.25, 0.3) is 0 Å². The standard InChI is InChI=1S/C13H17F2NO2/c1-2-16-13(11-8-17-6-7-18-11)12-9(14)4-3-5-10(12)15/h3-5,11,13,16H,2,6-8H2,1H3. The average Bonchev–Trinajstić information content (AvgIpc) is 2.38. The maximum Gasteiger partial charge on any atom is 0.131 e. The van der Waals surface area contributed by atoms with Crippen LogP contribution in [-0.2, 0) is 9.47 Å². The molecule has 0 amide bonds. The summed E-state index contributed by atoms with van der Waals surface area (Å²) in [4.78, 5) is 0. The van der Waals surface area contributed by atoms with Crippen LogP contribution in [0.15, 0.2) is 18.2 Å². The van der Waals surface area contributed by atoms with E-state index in [2.05, 4.69) is 5.32 Å². The monoisotopic (exact) mass is 257 g/mol. The summed E-state index contributed by atoms with van der Waals surface area (Å²) >= 11 is 0. The van der Waals surface area contributed by atoms with Gasteiger partial charge in [0.15, 0.2) is 0 Å². The molecule has 1 aliphatic heterocycles. The fraction of sp³-hybridized carbons (Fsp3) is 0.538. The molecule has 0 aliphatic carbocycles. The molecule has 2 unspecified atom stereocenters. The molecule has 3 nitrogen and oxygen atoms in total. The molecule has 0 saturated carbocycles. The van der Waals surface area contributed by atoms with Gasteiger partial charge in [0.1, 0.15) is 17.7 Å². The second-order valence-electron chi connectivity index (χ2n) is 4.15. The number of rotatable bonds is 4. The third kappa shape index (κ3) is 2.85. The Labute approximate surface area is 105 Å². The SMILES string of the molecule is CCNC(c1c(F)cccc1F)C1COCCO1. The molecule has 1 aromatic rings. The predicted octanol–water partition coefficient (Wildman–Crippen LogP) is 2.03. The van der Waals surface area contributed by atoms with Gasteiger partial charge >= 0.3 is 0 Å². The van der Waals surface area contributed by atoms with Crippen LogP contribution in [0, 0.1) is 11.6 Å². The third-order valence-corrected chi connectivity index (χ3v) is 2.95. The number of hydrogen-bond acceptors (Lipinski definition) is 3. The van der Waals surface area contributed by atoms with Crippen molar-refractivity contribution in [2.24, 2.45) is 0 Å². The Hall–Kier alpha value is -1.04. The fourth-order valence-electron chi connectivity index (χ4n) is 2.15. The molecule has 1 aliphatic rings. The van der Waals surface area contributed by atoms with Gasteiger partial charge in [0.2, 0.25) is 0 Å². The van der Waals surface area contributed by atoms with Crippen molar-refractivity contribution in [3.8, 4) is 0 Å². The molecule has 2 rings (SSSR count). The fourth-order valence-corrected chi connectivity index (χ4v) is 2.15. The van der Waals surface area contributed by atoms with Crippen molar-refractivity contribution >= 4 is 0 Å². The van der Waals surface area contributed by atoms with E-state index >= 15 is 0 Å². The number of benzene rings is 1. The van der Waals surface area contributed by atoms with E-state index in [0.29, 0.717) is 26.4 Å². The zero-order valence-electron chi connectivity index (χ0n) is 10.3. The van der Waals surface area contributed by atoms with Crippen molar-refractivity contribution in [1.82, 2.24) is 5.32 Å². The highest BCUT2D eigenvalue weighted by Crippen LogP contribution is 2.26. The van der Waals surface area contributed by atoms with Crippen LogP contribution in [0.2, 0.25) is 0 Å². The van der Waals surface area contributed by atoms with E-state index in [4.69, 9.17) is 9.47 Å². The molecule has 0 aromatic heterocycles. The molecule has 1 aromatic carbocycles. The third-order valence-electron chi connectivity index (χ3n) is 2.95. The summed E-state index contributed by atoms with van der Waals surface area (Å²) < 4.78 is 38.4. The van der Waals surface area contributed by atoms with Crippen LogP contribution in [0.3, 0.4) is 0 Å². The van der Waals surface area contributed by atoms with Gasteiger partial charge in [0.25, 0.3) is 0 Å². The largest absolute Gasteiger partial charge is 0.376 e. The predicted molar refractivity (Wildman–Crippen MR) is 63.3 cm³/mol. The van der Waals surface area contributed by atoms with Crippen molar-refractivity contribution in [3.05, 3.63) is 35.4 Å². The Morgan fingerprint density at radius 3 is 2.61 bits per heavy atom. The van der Waals surface area contributed by atoms with Crippen LogP contribution >= 0.6 is 0 Å². The molecule has 0 radical (unpaired) electrons. The maximum atomic E-state index is 13.8. The minimum absolute atomic E-state index is 0.0230. The lowest BCUT2D eigenvalue weighted by molar-refractivity contribution is -0.103. The molecule has 1 saturated heterocycles. The summed E-state index contributed by atoms with van der Waals surface area (Å²) in [6, 6.07) is 3.34. The van der Waals surface area contributed by atoms with Crippen molar-refractivity contribution < 1.29 is 18.3 Å². The number of ether oxygens (including phenoxy) is 2. The van der Waals surface area contributed by atoms with Crippen LogP contribution in [0.4, 0.5) is 8.78 Å². The van der Waals surface area contributed by atoms with Crippen LogP contribution < -0.4 is 5.32 Å². The van der Waals surface area contributed by atoms with E-state index in [9.17, 15) is 8.78 Å². The maximum absolute atomic E-state index is 13.8. The van der Waals surface area contributed by atoms with E-state index in [1.165, 1.54) is 18.2 Å². The van der Waals surface area contributed by atoms with Crippen LogP contribution in [0.1, 0.15) is 18.5 Å². The molecule has 2 atom stereocenters. The van der Waals surface area contributed by atoms with E-state index in [0.717, 1.165) is 0 Å². The summed E-state index contributed by atoms with van der Waals surface area (Å²) in [5, 5.41) is 3.07. The smallest absolute Gasteiger partial charge is 0.131 e. The van der Waals surface area contributed by atoms with Crippen molar-refractivity contribution in [3.63, 3.8) is 0 Å². The highest BCUT2D eigenvalue weighted by atomic mass is 19.1. The van der Waals surface area contributed by atoms with E-state index in [1.54, 1.807) is 0 Å². The first-order valence-electron chi connectivity index (χ1n) is 6.10. The molecule has 1 fully saturated rings. The zero-order chi connectivity index (χ0) is 13.0. The summed E-state index contributed by atoms with van der Waals surface area (Å²) in [5.41, 5.74) is 0.0230. The molecular formula is C13H17F2NO2. The first kappa shape index (κ1) is 13.4. The normalized spacial score (nSPS) is 21.8. The molecule has 5 heteroatoms. The van der Waals surface area contributed by atoms with Gasteiger partial charge in [-0.05, 0) is 18.7 Å². The molecule has 1 N–H and O–H groups in total. The summed E-state index contributed by atoms with van der Waals surface area (Å²) in [6.07, 6.45) is -0.370. The van der Waals surface area contributed by atoms with Crippen molar-refractivity contribution in [2.75, 3.05) is 26.4 Å². The van der Waals surface area contributed by atoms with Gasteiger partial charge in [-0.3, -0.25) is 0 Å². The number of nitrogens with one attached hydrogen (secondary N) is 1. The molecular weight excluding hydrogens is 240 g/mol. The number of likely N-dealkylation sites (N-methyl/N-ethyl adjacent to an activating group) is 1. The lowest BCUT2D eigenvalue weighted by Crippen LogP contribution is -2.41. The quantitative estimate of drug-likeness (QED) is 0.895. The highest BCUT2D eigenvalue weighted by molar-refractivity contribution is 5.24. The topological polar surface area (TPSA) is 30.5 Å². The lowest BCUT2D eigenvalue weighted by atomic mass is 10.00. The first-order chi connectivity index (χ1) is 8.74.